The van der Waals surface area contributed by atoms with E-state index < -0.39 is 28.8 Å². The summed E-state index contributed by atoms with van der Waals surface area (Å²) in [7, 11) is 0. The number of carbonyl (C=O) groups is 1. The molecule has 2 aromatic rings. The fraction of sp³-hybridized carbons (Fsp3) is 0.571. The lowest BCUT2D eigenvalue weighted by Gasteiger charge is -2.37. The van der Waals surface area contributed by atoms with Crippen molar-refractivity contribution in [3.8, 4) is 0 Å². The third-order valence-corrected chi connectivity index (χ3v) is 7.33. The number of rotatable bonds is 4. The van der Waals surface area contributed by atoms with E-state index in [4.69, 9.17) is 0 Å². The Hall–Kier alpha value is -2.20. The molecule has 168 valence electrons. The Morgan fingerprint density at radius 1 is 1.13 bits per heavy atom. The summed E-state index contributed by atoms with van der Waals surface area (Å²) in [5.74, 6) is -0.766. The van der Waals surface area contributed by atoms with Crippen molar-refractivity contribution in [2.24, 2.45) is 5.92 Å². The number of aromatic nitrogens is 1. The van der Waals surface area contributed by atoms with E-state index in [0.717, 1.165) is 36.9 Å². The van der Waals surface area contributed by atoms with Crippen molar-refractivity contribution in [3.05, 3.63) is 33.6 Å². The molecule has 4 rings (SSSR count). The summed E-state index contributed by atoms with van der Waals surface area (Å²) in [6.45, 7) is 3.98. The van der Waals surface area contributed by atoms with Crippen molar-refractivity contribution in [2.75, 3.05) is 37.6 Å². The van der Waals surface area contributed by atoms with E-state index in [9.17, 15) is 27.9 Å². The van der Waals surface area contributed by atoms with Crippen LogP contribution in [0.5, 0.6) is 0 Å². The van der Waals surface area contributed by atoms with Crippen molar-refractivity contribution in [1.29, 1.82) is 0 Å². The van der Waals surface area contributed by atoms with Crippen LogP contribution in [0.3, 0.4) is 0 Å². The van der Waals surface area contributed by atoms with Gasteiger partial charge in [-0.15, -0.1) is 0 Å². The molecule has 0 atom stereocenters. The number of piperazine rings is 1. The molecular weight excluding hydrogens is 431 g/mol. The summed E-state index contributed by atoms with van der Waals surface area (Å²) in [5, 5.41) is 9.50. The largest absolute Gasteiger partial charge is 0.478 e. The third-order valence-electron chi connectivity index (χ3n) is 6.15. The topological polar surface area (TPSA) is 73.7 Å². The van der Waals surface area contributed by atoms with Gasteiger partial charge in [-0.25, -0.2) is 4.79 Å². The standard InChI is InChI=1S/C21H24F3N3O3S/c22-21(23,24)14-10-15-17(16(11-14)19(29)30)31-20(25-18(15)28)27-8-6-26(7-9-27)12-13-4-2-1-3-5-13/h10-11,13H,1-9,12H2,(H,29,30). The molecule has 0 spiro atoms. The Morgan fingerprint density at radius 2 is 1.81 bits per heavy atom. The minimum Gasteiger partial charge on any atom is -0.478 e. The van der Waals surface area contributed by atoms with Crippen LogP contribution in [0.1, 0.15) is 48.0 Å². The van der Waals surface area contributed by atoms with Crippen LogP contribution in [0, 0.1) is 5.92 Å². The van der Waals surface area contributed by atoms with Crippen molar-refractivity contribution in [2.45, 2.75) is 38.3 Å². The quantitative estimate of drug-likeness (QED) is 0.749. The Labute approximate surface area is 181 Å². The minimum atomic E-state index is -4.75. The highest BCUT2D eigenvalue weighted by molar-refractivity contribution is 7.22. The first-order valence-corrected chi connectivity index (χ1v) is 11.3. The van der Waals surface area contributed by atoms with E-state index >= 15 is 0 Å². The Bertz CT molecular complexity index is 1030. The van der Waals surface area contributed by atoms with Crippen LogP contribution in [0.25, 0.3) is 10.1 Å². The van der Waals surface area contributed by atoms with Gasteiger partial charge in [0, 0.05) is 32.7 Å². The zero-order chi connectivity index (χ0) is 22.2. The van der Waals surface area contributed by atoms with E-state index in [0.29, 0.717) is 30.4 Å². The number of halogens is 3. The van der Waals surface area contributed by atoms with E-state index in [1.807, 2.05) is 4.90 Å². The van der Waals surface area contributed by atoms with Gasteiger partial charge in [-0.05, 0) is 30.9 Å². The van der Waals surface area contributed by atoms with Crippen LogP contribution in [-0.2, 0) is 6.18 Å². The van der Waals surface area contributed by atoms with Gasteiger partial charge in [0.1, 0.15) is 0 Å². The number of hydrogen-bond acceptors (Lipinski definition) is 6. The van der Waals surface area contributed by atoms with Gasteiger partial charge in [0.25, 0.3) is 5.56 Å². The predicted octanol–water partition coefficient (Wildman–Crippen LogP) is 4.08. The molecule has 1 aliphatic heterocycles. The number of hydrogen-bond donors (Lipinski definition) is 1. The van der Waals surface area contributed by atoms with Gasteiger partial charge in [0.15, 0.2) is 5.13 Å². The number of benzene rings is 1. The van der Waals surface area contributed by atoms with Crippen LogP contribution >= 0.6 is 11.3 Å². The number of fused-ring (bicyclic) bond motifs is 1. The number of nitrogens with zero attached hydrogens (tertiary/aromatic N) is 3. The summed E-state index contributed by atoms with van der Waals surface area (Å²) in [5.41, 5.74) is -2.51. The van der Waals surface area contributed by atoms with E-state index in [-0.39, 0.29) is 10.1 Å². The predicted molar refractivity (Wildman–Crippen MR) is 113 cm³/mol. The number of carboxylic acid groups (broad SMARTS) is 1. The number of alkyl halides is 3. The average molecular weight is 456 g/mol. The molecule has 31 heavy (non-hydrogen) atoms. The Balaban J connectivity index is 1.57. The molecule has 0 radical (unpaired) electrons. The second-order valence-electron chi connectivity index (χ2n) is 8.30. The second-order valence-corrected chi connectivity index (χ2v) is 9.27. The molecule has 2 aliphatic rings. The fourth-order valence-electron chi connectivity index (χ4n) is 4.47. The lowest BCUT2D eigenvalue weighted by molar-refractivity contribution is -0.137. The van der Waals surface area contributed by atoms with Crippen LogP contribution in [0.4, 0.5) is 18.3 Å². The van der Waals surface area contributed by atoms with E-state index in [2.05, 4.69) is 9.88 Å². The van der Waals surface area contributed by atoms with Crippen molar-refractivity contribution in [1.82, 2.24) is 9.88 Å². The molecule has 10 heteroatoms. The summed E-state index contributed by atoms with van der Waals surface area (Å²) < 4.78 is 39.5. The van der Waals surface area contributed by atoms with Gasteiger partial charge in [0.2, 0.25) is 0 Å². The molecule has 1 aromatic carbocycles. The second kappa shape index (κ2) is 8.74. The fourth-order valence-corrected chi connectivity index (χ4v) is 5.61. The molecule has 1 aliphatic carbocycles. The maximum absolute atomic E-state index is 13.1. The number of aromatic carboxylic acids is 1. The maximum Gasteiger partial charge on any atom is 0.416 e. The summed E-state index contributed by atoms with van der Waals surface area (Å²) in [4.78, 5) is 32.5. The monoisotopic (exact) mass is 455 g/mol. The SMILES string of the molecule is O=C(O)c1cc(C(F)(F)F)cc2c(=O)nc(N3CCN(CC4CCCCC4)CC3)sc12. The van der Waals surface area contributed by atoms with Crippen LogP contribution in [-0.4, -0.2) is 53.7 Å². The smallest absolute Gasteiger partial charge is 0.416 e. The van der Waals surface area contributed by atoms with E-state index in [1.165, 1.54) is 32.1 Å². The summed E-state index contributed by atoms with van der Waals surface area (Å²) >= 11 is 0.967. The Kier molecular flexibility index (Phi) is 6.20. The molecule has 0 bridgehead atoms. The Morgan fingerprint density at radius 3 is 2.42 bits per heavy atom. The van der Waals surface area contributed by atoms with Crippen LogP contribution < -0.4 is 10.5 Å². The summed E-state index contributed by atoms with van der Waals surface area (Å²) in [6.07, 6.45) is 1.70. The summed E-state index contributed by atoms with van der Waals surface area (Å²) in [6, 6.07) is 1.28. The van der Waals surface area contributed by atoms with Gasteiger partial charge in [0.05, 0.1) is 21.2 Å². The number of anilines is 1. The number of carboxylic acids is 1. The molecule has 0 amide bonds. The normalized spacial score (nSPS) is 19.1. The molecule has 6 nitrogen and oxygen atoms in total. The first-order valence-electron chi connectivity index (χ1n) is 10.5. The maximum atomic E-state index is 13.1. The molecule has 1 saturated heterocycles. The lowest BCUT2D eigenvalue weighted by atomic mass is 9.89. The molecule has 2 fully saturated rings. The first kappa shape index (κ1) is 22.0. The van der Waals surface area contributed by atoms with Crippen molar-refractivity contribution >= 4 is 32.5 Å². The van der Waals surface area contributed by atoms with Gasteiger partial charge in [-0.3, -0.25) is 9.69 Å². The van der Waals surface area contributed by atoms with Crippen molar-refractivity contribution < 1.29 is 23.1 Å². The van der Waals surface area contributed by atoms with E-state index in [1.54, 1.807) is 0 Å². The highest BCUT2D eigenvalue weighted by Gasteiger charge is 2.33. The minimum absolute atomic E-state index is 0.0279. The molecule has 0 unspecified atom stereocenters. The van der Waals surface area contributed by atoms with Crippen LogP contribution in [0.15, 0.2) is 16.9 Å². The third kappa shape index (κ3) is 4.85. The van der Waals surface area contributed by atoms with Gasteiger partial charge >= 0.3 is 12.1 Å². The molecule has 2 heterocycles. The lowest BCUT2D eigenvalue weighted by Crippen LogP contribution is -2.48. The molecular formula is C21H24F3N3O3S. The van der Waals surface area contributed by atoms with Gasteiger partial charge in [-0.1, -0.05) is 30.6 Å². The van der Waals surface area contributed by atoms with Crippen LogP contribution in [0.2, 0.25) is 0 Å². The zero-order valence-electron chi connectivity index (χ0n) is 17.0. The highest BCUT2D eigenvalue weighted by Crippen LogP contribution is 2.35. The molecule has 1 aromatic heterocycles. The van der Waals surface area contributed by atoms with Gasteiger partial charge < -0.3 is 10.0 Å². The van der Waals surface area contributed by atoms with Gasteiger partial charge in [-0.2, -0.15) is 18.2 Å². The van der Waals surface area contributed by atoms with Crippen molar-refractivity contribution in [3.63, 3.8) is 0 Å². The first-order chi connectivity index (χ1) is 14.7. The highest BCUT2D eigenvalue weighted by atomic mass is 32.1. The molecule has 1 N–H and O–H groups in total. The average Bonchev–Trinajstić information content (AvgIpc) is 2.73. The molecule has 1 saturated carbocycles. The zero-order valence-corrected chi connectivity index (χ0v) is 17.8.